The Labute approximate surface area is 190 Å². The average molecular weight is 454 g/mol. The number of nitrogens with zero attached hydrogens (tertiary/aromatic N) is 4. The van der Waals surface area contributed by atoms with Gasteiger partial charge in [-0.1, -0.05) is 17.3 Å². The number of oxime groups is 1. The fraction of sp³-hybridized carbons (Fsp3) is 0.250. The number of aryl methyl sites for hydroxylation is 1. The maximum atomic E-state index is 13.8. The van der Waals surface area contributed by atoms with Crippen molar-refractivity contribution in [1.29, 1.82) is 0 Å². The first-order valence-corrected chi connectivity index (χ1v) is 10.3. The molecule has 0 bridgehead atoms. The van der Waals surface area contributed by atoms with Crippen LogP contribution in [0.15, 0.2) is 60.2 Å². The largest absolute Gasteiger partial charge is 0.495 e. The van der Waals surface area contributed by atoms with Gasteiger partial charge in [0.1, 0.15) is 17.4 Å². The Bertz CT molecular complexity index is 1200. The first kappa shape index (κ1) is 22.5. The molecular formula is C24H24F2N4O3. The highest BCUT2D eigenvalue weighted by molar-refractivity contribution is 5.97. The zero-order chi connectivity index (χ0) is 23.6. The minimum absolute atomic E-state index is 0.153. The van der Waals surface area contributed by atoms with Gasteiger partial charge in [-0.15, -0.1) is 0 Å². The Kier molecular flexibility index (Phi) is 6.15. The van der Waals surface area contributed by atoms with Crippen LogP contribution in [0.4, 0.5) is 8.78 Å². The summed E-state index contributed by atoms with van der Waals surface area (Å²) in [5.74, 6) is -0.373. The smallest absolute Gasteiger partial charge is 0.234 e. The van der Waals surface area contributed by atoms with Crippen LogP contribution in [-0.4, -0.2) is 45.7 Å². The van der Waals surface area contributed by atoms with Crippen molar-refractivity contribution in [3.8, 4) is 11.4 Å². The summed E-state index contributed by atoms with van der Waals surface area (Å²) in [6.45, 7) is 3.51. The molecule has 0 aliphatic carbocycles. The lowest BCUT2D eigenvalue weighted by Crippen LogP contribution is -2.45. The van der Waals surface area contributed by atoms with E-state index in [-0.39, 0.29) is 18.7 Å². The summed E-state index contributed by atoms with van der Waals surface area (Å²) in [5.41, 5.74) is 1.56. The van der Waals surface area contributed by atoms with Gasteiger partial charge < -0.3 is 24.1 Å². The SMILES string of the molecule is COc1cc(/C=C/C2=NOC(C)(c3cc(F)cc(F)c3)N2CCO)ccc1-n1cnc(C)c1. The first-order chi connectivity index (χ1) is 15.8. The molecule has 0 saturated carbocycles. The molecule has 1 aromatic heterocycles. The van der Waals surface area contributed by atoms with Crippen molar-refractivity contribution < 1.29 is 23.5 Å². The number of rotatable bonds is 7. The Hall–Kier alpha value is -3.72. The van der Waals surface area contributed by atoms with Crippen molar-refractivity contribution in [3.05, 3.63) is 83.5 Å². The number of amidine groups is 1. The van der Waals surface area contributed by atoms with Gasteiger partial charge in [0.05, 0.1) is 31.4 Å². The molecule has 0 saturated heterocycles. The highest BCUT2D eigenvalue weighted by Crippen LogP contribution is 2.36. The Balaban J connectivity index is 1.61. The lowest BCUT2D eigenvalue weighted by atomic mass is 10.0. The van der Waals surface area contributed by atoms with E-state index in [1.807, 2.05) is 42.0 Å². The number of aliphatic hydroxyl groups is 1. The van der Waals surface area contributed by atoms with Crippen molar-refractivity contribution in [2.24, 2.45) is 5.16 Å². The summed E-state index contributed by atoms with van der Waals surface area (Å²) in [6, 6.07) is 8.88. The van der Waals surface area contributed by atoms with Crippen LogP contribution >= 0.6 is 0 Å². The highest BCUT2D eigenvalue weighted by atomic mass is 19.1. The van der Waals surface area contributed by atoms with E-state index >= 15 is 0 Å². The minimum atomic E-state index is -1.27. The molecule has 33 heavy (non-hydrogen) atoms. The lowest BCUT2D eigenvalue weighted by Gasteiger charge is -2.33. The number of methoxy groups -OCH3 is 1. The monoisotopic (exact) mass is 454 g/mol. The number of aromatic nitrogens is 2. The number of aliphatic hydroxyl groups excluding tert-OH is 1. The van der Waals surface area contributed by atoms with E-state index in [0.717, 1.165) is 23.0 Å². The van der Waals surface area contributed by atoms with Crippen LogP contribution in [0, 0.1) is 18.6 Å². The number of halogens is 2. The predicted molar refractivity (Wildman–Crippen MR) is 120 cm³/mol. The molecule has 1 atom stereocenters. The summed E-state index contributed by atoms with van der Waals surface area (Å²) in [4.78, 5) is 11.5. The number of hydrogen-bond acceptors (Lipinski definition) is 6. The standard InChI is InChI=1S/C24H24F2N4O3/c1-16-14-29(15-27-16)21-6-4-17(10-22(21)32-3)5-7-23-28-33-24(2,30(23)8-9-31)18-11-19(25)13-20(26)12-18/h4-7,10-15,31H,8-9H2,1-3H3/b7-5+. The van der Waals surface area contributed by atoms with Crippen molar-refractivity contribution in [3.63, 3.8) is 0 Å². The normalized spacial score (nSPS) is 18.0. The second kappa shape index (κ2) is 9.03. The van der Waals surface area contributed by atoms with Crippen molar-refractivity contribution in [2.45, 2.75) is 19.6 Å². The average Bonchev–Trinajstić information content (AvgIpc) is 3.36. The molecule has 9 heteroatoms. The Morgan fingerprint density at radius 1 is 1.15 bits per heavy atom. The van der Waals surface area contributed by atoms with Gasteiger partial charge in [-0.25, -0.2) is 13.8 Å². The van der Waals surface area contributed by atoms with Crippen LogP contribution in [0.5, 0.6) is 5.75 Å². The van der Waals surface area contributed by atoms with Gasteiger partial charge in [0, 0.05) is 31.3 Å². The molecule has 4 rings (SSSR count). The zero-order valence-corrected chi connectivity index (χ0v) is 18.5. The number of β-amino-alcohol motifs (C(OH)–C–C–N with tert-alkyl or cyclic N) is 1. The molecule has 2 heterocycles. The summed E-state index contributed by atoms with van der Waals surface area (Å²) in [7, 11) is 1.59. The molecule has 0 fully saturated rings. The van der Waals surface area contributed by atoms with Crippen LogP contribution < -0.4 is 4.74 Å². The van der Waals surface area contributed by atoms with Crippen molar-refractivity contribution >= 4 is 11.9 Å². The topological polar surface area (TPSA) is 72.1 Å². The molecule has 1 aliphatic rings. The van der Waals surface area contributed by atoms with E-state index in [9.17, 15) is 13.9 Å². The number of benzene rings is 2. The van der Waals surface area contributed by atoms with Gasteiger partial charge in [-0.3, -0.25) is 0 Å². The molecule has 172 valence electrons. The molecule has 0 amide bonds. The van der Waals surface area contributed by atoms with Gasteiger partial charge in [0.15, 0.2) is 5.84 Å². The molecule has 2 aromatic carbocycles. The summed E-state index contributed by atoms with van der Waals surface area (Å²) in [5, 5.41) is 13.7. The fourth-order valence-corrected chi connectivity index (χ4v) is 3.77. The Morgan fingerprint density at radius 3 is 2.55 bits per heavy atom. The zero-order valence-electron chi connectivity index (χ0n) is 18.5. The third-order valence-electron chi connectivity index (χ3n) is 5.45. The third-order valence-corrected chi connectivity index (χ3v) is 5.45. The van der Waals surface area contributed by atoms with Gasteiger partial charge in [0.25, 0.3) is 0 Å². The van der Waals surface area contributed by atoms with Crippen LogP contribution in [0.25, 0.3) is 11.8 Å². The van der Waals surface area contributed by atoms with Crippen LogP contribution in [0.3, 0.4) is 0 Å². The molecule has 0 spiro atoms. The van der Waals surface area contributed by atoms with Gasteiger partial charge in [-0.2, -0.15) is 0 Å². The van der Waals surface area contributed by atoms with Gasteiger partial charge in [-0.05, 0) is 42.8 Å². The highest BCUT2D eigenvalue weighted by Gasteiger charge is 2.43. The first-order valence-electron chi connectivity index (χ1n) is 10.3. The predicted octanol–water partition coefficient (Wildman–Crippen LogP) is 3.99. The van der Waals surface area contributed by atoms with E-state index in [2.05, 4.69) is 10.1 Å². The molecule has 1 aliphatic heterocycles. The van der Waals surface area contributed by atoms with E-state index < -0.39 is 17.4 Å². The molecule has 7 nitrogen and oxygen atoms in total. The molecular weight excluding hydrogens is 430 g/mol. The van der Waals surface area contributed by atoms with E-state index in [4.69, 9.17) is 9.57 Å². The lowest BCUT2D eigenvalue weighted by molar-refractivity contribution is -0.0935. The summed E-state index contributed by atoms with van der Waals surface area (Å²) in [6.07, 6.45) is 7.15. The van der Waals surface area contributed by atoms with E-state index in [1.165, 1.54) is 12.1 Å². The molecule has 3 aromatic rings. The fourth-order valence-electron chi connectivity index (χ4n) is 3.77. The second-order valence-electron chi connectivity index (χ2n) is 7.74. The van der Waals surface area contributed by atoms with Crippen LogP contribution in [0.1, 0.15) is 23.7 Å². The van der Waals surface area contributed by atoms with E-state index in [1.54, 1.807) is 31.3 Å². The van der Waals surface area contributed by atoms with Gasteiger partial charge >= 0.3 is 0 Å². The van der Waals surface area contributed by atoms with Gasteiger partial charge in [0.2, 0.25) is 5.72 Å². The quantitative estimate of drug-likeness (QED) is 0.585. The molecule has 1 unspecified atom stereocenters. The van der Waals surface area contributed by atoms with Crippen LogP contribution in [0.2, 0.25) is 0 Å². The third kappa shape index (κ3) is 4.45. The summed E-state index contributed by atoms with van der Waals surface area (Å²) < 4.78 is 35.1. The Morgan fingerprint density at radius 2 is 1.91 bits per heavy atom. The van der Waals surface area contributed by atoms with Crippen molar-refractivity contribution in [2.75, 3.05) is 20.3 Å². The maximum Gasteiger partial charge on any atom is 0.234 e. The number of hydrogen-bond donors (Lipinski definition) is 1. The number of imidazole rings is 1. The number of ether oxygens (including phenoxy) is 1. The molecule has 0 radical (unpaired) electrons. The minimum Gasteiger partial charge on any atom is -0.495 e. The van der Waals surface area contributed by atoms with E-state index in [0.29, 0.717) is 11.6 Å². The second-order valence-corrected chi connectivity index (χ2v) is 7.74. The van der Waals surface area contributed by atoms with Crippen molar-refractivity contribution in [1.82, 2.24) is 14.5 Å². The molecule has 1 N–H and O–H groups in total. The summed E-state index contributed by atoms with van der Waals surface area (Å²) >= 11 is 0. The van der Waals surface area contributed by atoms with Crippen LogP contribution in [-0.2, 0) is 10.6 Å². The maximum absolute atomic E-state index is 13.8.